The number of hydrogen-bond donors (Lipinski definition) is 1. The Bertz CT molecular complexity index is 910. The van der Waals surface area contributed by atoms with Gasteiger partial charge in [-0.25, -0.2) is 4.39 Å². The molecule has 0 bridgehead atoms. The summed E-state index contributed by atoms with van der Waals surface area (Å²) >= 11 is 0. The predicted molar refractivity (Wildman–Crippen MR) is 100 cm³/mol. The van der Waals surface area contributed by atoms with Gasteiger partial charge in [0.25, 0.3) is 0 Å². The van der Waals surface area contributed by atoms with Crippen molar-refractivity contribution in [3.05, 3.63) is 71.4 Å². The maximum Gasteiger partial charge on any atom is 0.246 e. The van der Waals surface area contributed by atoms with Gasteiger partial charge in [-0.3, -0.25) is 4.79 Å². The number of aromatic nitrogens is 2. The van der Waals surface area contributed by atoms with Crippen LogP contribution in [-0.2, 0) is 23.2 Å². The average Bonchev–Trinajstić information content (AvgIpc) is 3.10. The molecule has 1 heterocycles. The van der Waals surface area contributed by atoms with Crippen molar-refractivity contribution in [2.24, 2.45) is 0 Å². The van der Waals surface area contributed by atoms with Crippen molar-refractivity contribution in [1.82, 2.24) is 15.5 Å². The number of benzene rings is 2. The maximum absolute atomic E-state index is 12.9. The van der Waals surface area contributed by atoms with E-state index in [4.69, 9.17) is 4.52 Å². The number of carbonyl (C=O) groups excluding carboxylic acids is 1. The lowest BCUT2D eigenvalue weighted by molar-refractivity contribution is -0.120. The Kier molecular flexibility index (Phi) is 5.35. The van der Waals surface area contributed by atoms with E-state index >= 15 is 0 Å². The van der Waals surface area contributed by atoms with Gasteiger partial charge in [0.15, 0.2) is 0 Å². The monoisotopic (exact) mass is 367 g/mol. The van der Waals surface area contributed by atoms with Gasteiger partial charge in [-0.15, -0.1) is 0 Å². The van der Waals surface area contributed by atoms with Gasteiger partial charge in [0.2, 0.25) is 17.6 Å². The molecule has 1 aromatic heterocycles. The van der Waals surface area contributed by atoms with Crippen molar-refractivity contribution in [1.29, 1.82) is 0 Å². The molecule has 140 valence electrons. The lowest BCUT2D eigenvalue weighted by Gasteiger charge is -2.18. The molecule has 1 amide bonds. The first kappa shape index (κ1) is 18.8. The van der Waals surface area contributed by atoms with E-state index in [9.17, 15) is 9.18 Å². The summed E-state index contributed by atoms with van der Waals surface area (Å²) in [4.78, 5) is 16.3. The topological polar surface area (TPSA) is 68.0 Å². The zero-order valence-corrected chi connectivity index (χ0v) is 15.6. The molecule has 0 aliphatic carbocycles. The molecule has 0 unspecified atom stereocenters. The smallest absolute Gasteiger partial charge is 0.246 e. The highest BCUT2D eigenvalue weighted by Crippen LogP contribution is 2.24. The van der Waals surface area contributed by atoms with Crippen LogP contribution in [0.25, 0.3) is 11.4 Å². The van der Waals surface area contributed by atoms with Crippen LogP contribution in [-0.4, -0.2) is 16.0 Å². The Morgan fingerprint density at radius 1 is 1.07 bits per heavy atom. The Morgan fingerprint density at radius 3 is 2.37 bits per heavy atom. The fourth-order valence-corrected chi connectivity index (χ4v) is 2.59. The van der Waals surface area contributed by atoms with E-state index in [2.05, 4.69) is 48.4 Å². The van der Waals surface area contributed by atoms with Gasteiger partial charge in [0.1, 0.15) is 5.82 Å². The van der Waals surface area contributed by atoms with Crippen LogP contribution in [0.1, 0.15) is 37.8 Å². The summed E-state index contributed by atoms with van der Waals surface area (Å²) in [6.07, 6.45) is 0.162. The normalized spacial score (nSPS) is 11.4. The second kappa shape index (κ2) is 7.70. The first-order chi connectivity index (χ1) is 12.8. The van der Waals surface area contributed by atoms with E-state index in [-0.39, 0.29) is 30.1 Å². The van der Waals surface area contributed by atoms with E-state index in [0.29, 0.717) is 11.7 Å². The van der Waals surface area contributed by atoms with Crippen LogP contribution in [0.15, 0.2) is 53.1 Å². The number of amides is 1. The SMILES string of the molecule is CC(C)(C)c1ccc(-c2noc(CNC(=O)Cc3ccc(F)cc3)n2)cc1. The lowest BCUT2D eigenvalue weighted by atomic mass is 9.87. The van der Waals surface area contributed by atoms with Crippen molar-refractivity contribution in [3.8, 4) is 11.4 Å². The summed E-state index contributed by atoms with van der Waals surface area (Å²) in [6.45, 7) is 6.61. The van der Waals surface area contributed by atoms with E-state index in [1.165, 1.54) is 17.7 Å². The highest BCUT2D eigenvalue weighted by Gasteiger charge is 2.15. The Labute approximate surface area is 157 Å². The van der Waals surface area contributed by atoms with Gasteiger partial charge in [-0.2, -0.15) is 4.98 Å². The lowest BCUT2D eigenvalue weighted by Crippen LogP contribution is -2.24. The molecule has 2 aromatic carbocycles. The van der Waals surface area contributed by atoms with Crippen LogP contribution in [0.4, 0.5) is 4.39 Å². The molecule has 3 rings (SSSR count). The van der Waals surface area contributed by atoms with E-state index in [1.54, 1.807) is 12.1 Å². The second-order valence-electron chi connectivity index (χ2n) is 7.42. The van der Waals surface area contributed by atoms with E-state index in [1.807, 2.05) is 12.1 Å². The molecule has 5 nitrogen and oxygen atoms in total. The van der Waals surface area contributed by atoms with Crippen molar-refractivity contribution < 1.29 is 13.7 Å². The third-order valence-electron chi connectivity index (χ3n) is 4.19. The molecule has 6 heteroatoms. The number of nitrogens with one attached hydrogen (secondary N) is 1. The van der Waals surface area contributed by atoms with Crippen LogP contribution in [0, 0.1) is 5.82 Å². The molecule has 27 heavy (non-hydrogen) atoms. The first-order valence-corrected chi connectivity index (χ1v) is 8.76. The molecule has 0 radical (unpaired) electrons. The summed E-state index contributed by atoms with van der Waals surface area (Å²) in [7, 11) is 0. The third-order valence-corrected chi connectivity index (χ3v) is 4.19. The quantitative estimate of drug-likeness (QED) is 0.739. The standard InChI is InChI=1S/C21H22FN3O2/c1-21(2,3)16-8-6-15(7-9-16)20-24-19(27-25-20)13-23-18(26)12-14-4-10-17(22)11-5-14/h4-11H,12-13H2,1-3H3,(H,23,26). The molecular weight excluding hydrogens is 345 g/mol. The number of rotatable bonds is 5. The minimum Gasteiger partial charge on any atom is -0.347 e. The van der Waals surface area contributed by atoms with Gasteiger partial charge >= 0.3 is 0 Å². The van der Waals surface area contributed by atoms with Crippen LogP contribution < -0.4 is 5.32 Å². The van der Waals surface area contributed by atoms with Gasteiger partial charge in [0.05, 0.1) is 13.0 Å². The molecule has 0 saturated heterocycles. The summed E-state index contributed by atoms with van der Waals surface area (Å²) in [5.41, 5.74) is 2.90. The van der Waals surface area contributed by atoms with Gasteiger partial charge in [0, 0.05) is 5.56 Å². The minimum atomic E-state index is -0.326. The molecule has 3 aromatic rings. The number of hydrogen-bond acceptors (Lipinski definition) is 4. The van der Waals surface area contributed by atoms with Crippen LogP contribution in [0.5, 0.6) is 0 Å². The minimum absolute atomic E-state index is 0.0791. The zero-order valence-electron chi connectivity index (χ0n) is 15.6. The average molecular weight is 367 g/mol. The Morgan fingerprint density at radius 2 is 1.74 bits per heavy atom. The highest BCUT2D eigenvalue weighted by molar-refractivity contribution is 5.78. The number of halogens is 1. The summed E-state index contributed by atoms with van der Waals surface area (Å²) in [5.74, 6) is 0.291. The number of nitrogens with zero attached hydrogens (tertiary/aromatic N) is 2. The third kappa shape index (κ3) is 5.00. The van der Waals surface area contributed by atoms with Gasteiger partial charge < -0.3 is 9.84 Å². The number of carbonyl (C=O) groups is 1. The van der Waals surface area contributed by atoms with Crippen molar-refractivity contribution >= 4 is 5.91 Å². The van der Waals surface area contributed by atoms with E-state index < -0.39 is 0 Å². The molecular formula is C21H22FN3O2. The highest BCUT2D eigenvalue weighted by atomic mass is 19.1. The van der Waals surface area contributed by atoms with Crippen molar-refractivity contribution in [2.75, 3.05) is 0 Å². The Balaban J connectivity index is 1.57. The fourth-order valence-electron chi connectivity index (χ4n) is 2.59. The molecule has 0 fully saturated rings. The molecule has 0 atom stereocenters. The van der Waals surface area contributed by atoms with Gasteiger partial charge in [-0.05, 0) is 28.7 Å². The summed E-state index contributed by atoms with van der Waals surface area (Å²) in [5, 5.41) is 6.70. The van der Waals surface area contributed by atoms with Crippen LogP contribution in [0.3, 0.4) is 0 Å². The zero-order chi connectivity index (χ0) is 19.4. The molecule has 0 aliphatic heterocycles. The van der Waals surface area contributed by atoms with E-state index in [0.717, 1.165) is 11.1 Å². The van der Waals surface area contributed by atoms with Crippen molar-refractivity contribution in [3.63, 3.8) is 0 Å². The maximum atomic E-state index is 12.9. The Hall–Kier alpha value is -3.02. The first-order valence-electron chi connectivity index (χ1n) is 8.76. The summed E-state index contributed by atoms with van der Waals surface area (Å²) < 4.78 is 18.1. The molecule has 1 N–H and O–H groups in total. The molecule has 0 spiro atoms. The molecule has 0 aliphatic rings. The molecule has 0 saturated carbocycles. The van der Waals surface area contributed by atoms with Crippen LogP contribution >= 0.6 is 0 Å². The predicted octanol–water partition coefficient (Wildman–Crippen LogP) is 4.03. The summed E-state index contributed by atoms with van der Waals surface area (Å²) in [6, 6.07) is 13.9. The van der Waals surface area contributed by atoms with Crippen molar-refractivity contribution in [2.45, 2.75) is 39.2 Å². The van der Waals surface area contributed by atoms with Crippen LogP contribution in [0.2, 0.25) is 0 Å². The van der Waals surface area contributed by atoms with Gasteiger partial charge in [-0.1, -0.05) is 62.3 Å². The second-order valence-corrected chi connectivity index (χ2v) is 7.42. The fraction of sp³-hybridized carbons (Fsp3) is 0.286. The largest absolute Gasteiger partial charge is 0.347 e.